The van der Waals surface area contributed by atoms with Crippen molar-refractivity contribution in [3.63, 3.8) is 0 Å². The van der Waals surface area contributed by atoms with Crippen molar-refractivity contribution in [1.29, 1.82) is 0 Å². The average Bonchev–Trinajstić information content (AvgIpc) is 1.83. The van der Waals surface area contributed by atoms with Crippen LogP contribution in [-0.2, 0) is 0 Å². The first-order chi connectivity index (χ1) is 5.27. The van der Waals surface area contributed by atoms with Gasteiger partial charge in [-0.15, -0.1) is 0 Å². The van der Waals surface area contributed by atoms with Gasteiger partial charge in [-0.2, -0.15) is 0 Å². The molecule has 0 heterocycles. The van der Waals surface area contributed by atoms with Gasteiger partial charge in [-0.05, 0) is 34.7 Å². The summed E-state index contributed by atoms with van der Waals surface area (Å²) in [6.45, 7) is 8.28. The fraction of sp³-hybridized carbons (Fsp3) is 0.800. The molecule has 12 heavy (non-hydrogen) atoms. The van der Waals surface area contributed by atoms with Gasteiger partial charge in [0.15, 0.2) is 0 Å². The van der Waals surface area contributed by atoms with E-state index in [4.69, 9.17) is 0 Å². The van der Waals surface area contributed by atoms with E-state index in [2.05, 4.69) is 17.2 Å². The Labute approximate surface area is 75.4 Å². The molecule has 0 spiro atoms. The number of likely N-dealkylation sites (N-methyl/N-ethyl adjacent to an activating group) is 1. The van der Waals surface area contributed by atoms with Crippen molar-refractivity contribution >= 4 is 0 Å². The smallest absolute Gasteiger partial charge is 0.135 e. The number of hydrogen-bond donors (Lipinski definition) is 2. The highest BCUT2D eigenvalue weighted by atomic mass is 16.3. The molecule has 0 aliphatic heterocycles. The summed E-state index contributed by atoms with van der Waals surface area (Å²) in [6, 6.07) is 0. The molecule has 0 aliphatic carbocycles. The molecule has 70 valence electrons. The molecule has 1 unspecified atom stereocenters. The summed E-state index contributed by atoms with van der Waals surface area (Å²) < 4.78 is 0. The lowest BCUT2D eigenvalue weighted by Gasteiger charge is -2.16. The van der Waals surface area contributed by atoms with Crippen LogP contribution in [0.4, 0.5) is 0 Å². The van der Waals surface area contributed by atoms with Crippen LogP contribution in [0.5, 0.6) is 0 Å². The highest BCUT2D eigenvalue weighted by Crippen LogP contribution is 2.11. The Morgan fingerprint density at radius 2 is 1.67 bits per heavy atom. The molecular formula is C10H19NO. The highest BCUT2D eigenvalue weighted by Gasteiger charge is 2.15. The molecule has 0 saturated carbocycles. The molecule has 2 N–H and O–H groups in total. The Bertz CT molecular complexity index is 190. The molecule has 0 aromatic heterocycles. The molecule has 0 bridgehead atoms. The minimum atomic E-state index is -0.915. The predicted octanol–water partition coefficient (Wildman–Crippen LogP) is 1.01. The Balaban J connectivity index is 4.28. The lowest BCUT2D eigenvalue weighted by Crippen LogP contribution is -2.34. The van der Waals surface area contributed by atoms with Crippen molar-refractivity contribution in [3.05, 3.63) is 0 Å². The van der Waals surface area contributed by atoms with Gasteiger partial charge in [0, 0.05) is 12.0 Å². The van der Waals surface area contributed by atoms with Gasteiger partial charge in [-0.1, -0.05) is 11.8 Å². The summed E-state index contributed by atoms with van der Waals surface area (Å²) in [7, 11) is 1.80. The van der Waals surface area contributed by atoms with Crippen LogP contribution in [0.1, 0.15) is 27.7 Å². The molecule has 1 atom stereocenters. The second kappa shape index (κ2) is 3.93. The van der Waals surface area contributed by atoms with Crippen LogP contribution in [-0.4, -0.2) is 24.3 Å². The molecule has 2 heteroatoms. The molecule has 0 radical (unpaired) electrons. The van der Waals surface area contributed by atoms with E-state index < -0.39 is 5.60 Å². The molecule has 0 amide bonds. The molecule has 2 nitrogen and oxygen atoms in total. The first-order valence-electron chi connectivity index (χ1n) is 4.18. The molecule has 0 aromatic rings. The molecule has 0 saturated heterocycles. The van der Waals surface area contributed by atoms with Crippen molar-refractivity contribution in [2.75, 3.05) is 13.6 Å². The van der Waals surface area contributed by atoms with Gasteiger partial charge in [0.25, 0.3) is 0 Å². The van der Waals surface area contributed by atoms with Gasteiger partial charge < -0.3 is 10.4 Å². The van der Waals surface area contributed by atoms with Crippen molar-refractivity contribution in [2.45, 2.75) is 33.3 Å². The lowest BCUT2D eigenvalue weighted by molar-refractivity contribution is 0.122. The fourth-order valence-electron chi connectivity index (χ4n) is 0.711. The third kappa shape index (κ3) is 6.21. The molecule has 0 aromatic carbocycles. The van der Waals surface area contributed by atoms with E-state index in [1.807, 2.05) is 20.8 Å². The van der Waals surface area contributed by atoms with Crippen molar-refractivity contribution in [2.24, 2.45) is 5.41 Å². The first-order valence-corrected chi connectivity index (χ1v) is 4.18. The van der Waals surface area contributed by atoms with Crippen LogP contribution in [0.25, 0.3) is 0 Å². The number of rotatable bonds is 2. The zero-order valence-corrected chi connectivity index (χ0v) is 8.65. The quantitative estimate of drug-likeness (QED) is 0.605. The minimum Gasteiger partial charge on any atom is -0.377 e. The Kier molecular flexibility index (Phi) is 3.76. The van der Waals surface area contributed by atoms with Gasteiger partial charge in [0.05, 0.1) is 0 Å². The predicted molar refractivity (Wildman–Crippen MR) is 51.8 cm³/mol. The largest absolute Gasteiger partial charge is 0.377 e. The van der Waals surface area contributed by atoms with Crippen LogP contribution in [0.2, 0.25) is 0 Å². The van der Waals surface area contributed by atoms with Gasteiger partial charge in [-0.25, -0.2) is 0 Å². The number of nitrogens with one attached hydrogen (secondary N) is 1. The summed E-state index contributed by atoms with van der Waals surface area (Å²) in [5.74, 6) is 5.85. The lowest BCUT2D eigenvalue weighted by atomic mass is 9.96. The maximum absolute atomic E-state index is 9.64. The Hall–Kier alpha value is -0.520. The zero-order valence-electron chi connectivity index (χ0n) is 8.65. The second-order valence-electron chi connectivity index (χ2n) is 4.30. The van der Waals surface area contributed by atoms with E-state index in [0.717, 1.165) is 0 Å². The van der Waals surface area contributed by atoms with E-state index in [1.165, 1.54) is 0 Å². The maximum atomic E-state index is 9.64. The number of hydrogen-bond acceptors (Lipinski definition) is 2. The summed E-state index contributed by atoms with van der Waals surface area (Å²) >= 11 is 0. The Morgan fingerprint density at radius 1 is 1.17 bits per heavy atom. The van der Waals surface area contributed by atoms with Gasteiger partial charge in [0.2, 0.25) is 0 Å². The summed E-state index contributed by atoms with van der Waals surface area (Å²) in [6.07, 6.45) is 0. The fourth-order valence-corrected chi connectivity index (χ4v) is 0.711. The molecule has 0 rings (SSSR count). The van der Waals surface area contributed by atoms with Gasteiger partial charge in [0.1, 0.15) is 5.60 Å². The summed E-state index contributed by atoms with van der Waals surface area (Å²) in [4.78, 5) is 0. The van der Waals surface area contributed by atoms with Crippen LogP contribution in [0, 0.1) is 17.3 Å². The third-order valence-electron chi connectivity index (χ3n) is 1.23. The van der Waals surface area contributed by atoms with E-state index in [1.54, 1.807) is 14.0 Å². The van der Waals surface area contributed by atoms with Gasteiger partial charge in [-0.3, -0.25) is 0 Å². The second-order valence-corrected chi connectivity index (χ2v) is 4.30. The van der Waals surface area contributed by atoms with Crippen molar-refractivity contribution < 1.29 is 5.11 Å². The van der Waals surface area contributed by atoms with E-state index in [0.29, 0.717) is 6.54 Å². The summed E-state index contributed by atoms with van der Waals surface area (Å²) in [5.41, 5.74) is -0.959. The maximum Gasteiger partial charge on any atom is 0.135 e. The topological polar surface area (TPSA) is 32.3 Å². The third-order valence-corrected chi connectivity index (χ3v) is 1.23. The van der Waals surface area contributed by atoms with E-state index in [9.17, 15) is 5.11 Å². The molecular weight excluding hydrogens is 150 g/mol. The average molecular weight is 169 g/mol. The first kappa shape index (κ1) is 11.5. The SMILES string of the molecule is CNCC(C)(O)C#CC(C)(C)C. The highest BCUT2D eigenvalue weighted by molar-refractivity contribution is 5.16. The molecule has 0 aliphatic rings. The van der Waals surface area contributed by atoms with E-state index >= 15 is 0 Å². The van der Waals surface area contributed by atoms with Crippen LogP contribution in [0.3, 0.4) is 0 Å². The monoisotopic (exact) mass is 169 g/mol. The van der Waals surface area contributed by atoms with Crippen LogP contribution >= 0.6 is 0 Å². The van der Waals surface area contributed by atoms with E-state index in [-0.39, 0.29) is 5.41 Å². The number of aliphatic hydroxyl groups is 1. The van der Waals surface area contributed by atoms with Crippen LogP contribution < -0.4 is 5.32 Å². The minimum absolute atomic E-state index is 0.0439. The van der Waals surface area contributed by atoms with Crippen LogP contribution in [0.15, 0.2) is 0 Å². The Morgan fingerprint density at radius 3 is 2.00 bits per heavy atom. The normalized spacial score (nSPS) is 16.2. The standard InChI is InChI=1S/C10H19NO/c1-9(2,3)6-7-10(4,12)8-11-5/h11-12H,8H2,1-5H3. The molecule has 0 fully saturated rings. The van der Waals surface area contributed by atoms with Crippen molar-refractivity contribution in [1.82, 2.24) is 5.32 Å². The zero-order chi connectivity index (χ0) is 9.83. The summed E-state index contributed by atoms with van der Waals surface area (Å²) in [5, 5.41) is 12.5. The van der Waals surface area contributed by atoms with Gasteiger partial charge >= 0.3 is 0 Å². The van der Waals surface area contributed by atoms with Crippen molar-refractivity contribution in [3.8, 4) is 11.8 Å².